The molecule has 2 heterocycles. The average Bonchev–Trinajstić information content (AvgIpc) is 3.35. The molecule has 1 aromatic heterocycles. The minimum absolute atomic E-state index is 0.0517. The second-order valence-electron chi connectivity index (χ2n) is 6.74. The van der Waals surface area contributed by atoms with Gasteiger partial charge >= 0.3 is 0 Å². The van der Waals surface area contributed by atoms with Crippen LogP contribution in [-0.4, -0.2) is 16.8 Å². The summed E-state index contributed by atoms with van der Waals surface area (Å²) in [5.74, 6) is -1.07. The summed E-state index contributed by atoms with van der Waals surface area (Å²) in [6.45, 7) is 0. The van der Waals surface area contributed by atoms with Crippen molar-refractivity contribution in [2.45, 2.75) is 18.9 Å². The van der Waals surface area contributed by atoms with E-state index >= 15 is 0 Å². The number of furan rings is 1. The highest BCUT2D eigenvalue weighted by molar-refractivity contribution is 6.30. The highest BCUT2D eigenvalue weighted by Crippen LogP contribution is 2.41. The van der Waals surface area contributed by atoms with E-state index in [4.69, 9.17) is 16.0 Å². The first kappa shape index (κ1) is 19.0. The Morgan fingerprint density at radius 2 is 1.76 bits per heavy atom. The maximum Gasteiger partial charge on any atom is 0.294 e. The number of anilines is 1. The number of aryl methyl sites for hydroxylation is 1. The van der Waals surface area contributed by atoms with Gasteiger partial charge in [-0.3, -0.25) is 14.5 Å². The molecule has 0 bridgehead atoms. The molecule has 1 atom stereocenters. The molecule has 1 amide bonds. The van der Waals surface area contributed by atoms with Gasteiger partial charge in [-0.25, -0.2) is 0 Å². The van der Waals surface area contributed by atoms with E-state index in [-0.39, 0.29) is 17.8 Å². The Balaban J connectivity index is 1.68. The molecule has 5 nitrogen and oxygen atoms in total. The fraction of sp³-hybridized carbons (Fsp3) is 0.130. The standard InChI is InChI=1S/C23H18ClNO4/c24-16-9-11-17(12-10-16)25-21(19-7-4-14-29-19)20(22(27)23(25)28)18(26)13-8-15-5-2-1-3-6-15/h1-7,9-12,14,21,27H,8,13H2. The molecule has 1 aliphatic rings. The van der Waals surface area contributed by atoms with E-state index in [1.54, 1.807) is 36.4 Å². The molecule has 0 radical (unpaired) electrons. The fourth-order valence-electron chi connectivity index (χ4n) is 3.51. The molecule has 4 rings (SSSR count). The van der Waals surface area contributed by atoms with E-state index in [2.05, 4.69) is 0 Å². The minimum atomic E-state index is -0.832. The average molecular weight is 408 g/mol. The van der Waals surface area contributed by atoms with Crippen molar-refractivity contribution in [3.05, 3.63) is 101 Å². The summed E-state index contributed by atoms with van der Waals surface area (Å²) in [6.07, 6.45) is 2.15. The normalized spacial score (nSPS) is 16.5. The first-order chi connectivity index (χ1) is 14.1. The van der Waals surface area contributed by atoms with Crippen molar-refractivity contribution in [2.75, 3.05) is 4.90 Å². The van der Waals surface area contributed by atoms with Crippen LogP contribution < -0.4 is 4.90 Å². The molecule has 29 heavy (non-hydrogen) atoms. The van der Waals surface area contributed by atoms with Gasteiger partial charge in [0.2, 0.25) is 0 Å². The van der Waals surface area contributed by atoms with E-state index in [0.29, 0.717) is 22.9 Å². The van der Waals surface area contributed by atoms with Crippen LogP contribution in [0.25, 0.3) is 0 Å². The maximum absolute atomic E-state index is 13.1. The molecule has 0 saturated heterocycles. The van der Waals surface area contributed by atoms with Crippen molar-refractivity contribution in [1.82, 2.24) is 0 Å². The van der Waals surface area contributed by atoms with Crippen LogP contribution >= 0.6 is 11.6 Å². The highest BCUT2D eigenvalue weighted by atomic mass is 35.5. The Morgan fingerprint density at radius 3 is 2.41 bits per heavy atom. The first-order valence-electron chi connectivity index (χ1n) is 9.19. The topological polar surface area (TPSA) is 70.8 Å². The van der Waals surface area contributed by atoms with Gasteiger partial charge in [-0.1, -0.05) is 41.9 Å². The summed E-state index contributed by atoms with van der Waals surface area (Å²) in [5, 5.41) is 11.1. The number of ketones is 1. The van der Waals surface area contributed by atoms with Gasteiger partial charge in [-0.15, -0.1) is 0 Å². The monoisotopic (exact) mass is 407 g/mol. The number of amides is 1. The van der Waals surface area contributed by atoms with Gasteiger partial charge in [-0.2, -0.15) is 0 Å². The fourth-order valence-corrected chi connectivity index (χ4v) is 3.64. The maximum atomic E-state index is 13.1. The summed E-state index contributed by atoms with van der Waals surface area (Å²) in [4.78, 5) is 27.3. The lowest BCUT2D eigenvalue weighted by Gasteiger charge is -2.25. The van der Waals surface area contributed by atoms with Crippen LogP contribution in [0.4, 0.5) is 5.69 Å². The second-order valence-corrected chi connectivity index (χ2v) is 7.18. The minimum Gasteiger partial charge on any atom is -0.503 e. The largest absolute Gasteiger partial charge is 0.503 e. The second kappa shape index (κ2) is 7.97. The van der Waals surface area contributed by atoms with Gasteiger partial charge in [0.25, 0.3) is 5.91 Å². The number of benzene rings is 2. The van der Waals surface area contributed by atoms with Gasteiger partial charge < -0.3 is 9.52 Å². The molecule has 0 aliphatic carbocycles. The lowest BCUT2D eigenvalue weighted by Crippen LogP contribution is -2.30. The molecular weight excluding hydrogens is 390 g/mol. The van der Waals surface area contributed by atoms with Crippen molar-refractivity contribution in [3.63, 3.8) is 0 Å². The zero-order valence-corrected chi connectivity index (χ0v) is 16.2. The van der Waals surface area contributed by atoms with Crippen LogP contribution in [0, 0.1) is 0 Å². The number of hydrogen-bond acceptors (Lipinski definition) is 4. The molecule has 2 aromatic carbocycles. The van der Waals surface area contributed by atoms with E-state index in [9.17, 15) is 14.7 Å². The molecule has 0 spiro atoms. The number of aliphatic hydroxyl groups excluding tert-OH is 1. The summed E-state index contributed by atoms with van der Waals surface area (Å²) >= 11 is 5.96. The predicted octanol–water partition coefficient (Wildman–Crippen LogP) is 5.03. The molecule has 0 fully saturated rings. The van der Waals surface area contributed by atoms with Gasteiger partial charge in [-0.05, 0) is 48.4 Å². The van der Waals surface area contributed by atoms with Crippen LogP contribution in [0.2, 0.25) is 5.02 Å². The number of aliphatic hydroxyl groups is 1. The Bertz CT molecular complexity index is 1060. The Labute approximate surface area is 172 Å². The van der Waals surface area contributed by atoms with Crippen LogP contribution in [0.1, 0.15) is 23.8 Å². The third-order valence-corrected chi connectivity index (χ3v) is 5.16. The molecule has 1 N–H and O–H groups in total. The SMILES string of the molecule is O=C(CCc1ccccc1)C1=C(O)C(=O)N(c2ccc(Cl)cc2)C1c1ccco1. The van der Waals surface area contributed by atoms with Crippen molar-refractivity contribution in [1.29, 1.82) is 0 Å². The Kier molecular flexibility index (Phi) is 5.23. The number of carbonyl (C=O) groups excluding carboxylic acids is 2. The van der Waals surface area contributed by atoms with E-state index in [1.165, 1.54) is 11.2 Å². The zero-order chi connectivity index (χ0) is 20.4. The van der Waals surface area contributed by atoms with Crippen LogP contribution in [0.3, 0.4) is 0 Å². The van der Waals surface area contributed by atoms with E-state index < -0.39 is 17.7 Å². The number of halogens is 1. The van der Waals surface area contributed by atoms with Crippen LogP contribution in [0.5, 0.6) is 0 Å². The lowest BCUT2D eigenvalue weighted by molar-refractivity contribution is -0.118. The summed E-state index contributed by atoms with van der Waals surface area (Å²) in [5.41, 5.74) is 1.57. The van der Waals surface area contributed by atoms with Gasteiger partial charge in [0, 0.05) is 17.1 Å². The molecule has 1 unspecified atom stereocenters. The molecule has 0 saturated carbocycles. The number of Topliss-reactive ketones (excluding diaryl/α,β-unsaturated/α-hetero) is 1. The predicted molar refractivity (Wildman–Crippen MR) is 110 cm³/mol. The molecule has 3 aromatic rings. The first-order valence-corrected chi connectivity index (χ1v) is 9.57. The zero-order valence-electron chi connectivity index (χ0n) is 15.4. The number of hydrogen-bond donors (Lipinski definition) is 1. The van der Waals surface area contributed by atoms with Crippen molar-refractivity contribution < 1.29 is 19.1 Å². The number of carbonyl (C=O) groups is 2. The Hall–Kier alpha value is -3.31. The molecule has 146 valence electrons. The third-order valence-electron chi connectivity index (χ3n) is 4.91. The summed E-state index contributed by atoms with van der Waals surface area (Å²) < 4.78 is 5.52. The van der Waals surface area contributed by atoms with E-state index in [0.717, 1.165) is 5.56 Å². The van der Waals surface area contributed by atoms with Crippen molar-refractivity contribution in [3.8, 4) is 0 Å². The molecular formula is C23H18ClNO4. The third kappa shape index (κ3) is 3.69. The van der Waals surface area contributed by atoms with Crippen molar-refractivity contribution in [2.24, 2.45) is 0 Å². The Morgan fingerprint density at radius 1 is 1.03 bits per heavy atom. The smallest absolute Gasteiger partial charge is 0.294 e. The number of nitrogens with zero attached hydrogens (tertiary/aromatic N) is 1. The van der Waals surface area contributed by atoms with Crippen LogP contribution in [0.15, 0.2) is 88.7 Å². The molecule has 1 aliphatic heterocycles. The van der Waals surface area contributed by atoms with E-state index in [1.807, 2.05) is 30.3 Å². The highest BCUT2D eigenvalue weighted by Gasteiger charge is 2.45. The number of rotatable bonds is 6. The summed E-state index contributed by atoms with van der Waals surface area (Å²) in [7, 11) is 0. The molecule has 6 heteroatoms. The lowest BCUT2D eigenvalue weighted by atomic mass is 9.96. The van der Waals surface area contributed by atoms with Gasteiger partial charge in [0.1, 0.15) is 11.8 Å². The van der Waals surface area contributed by atoms with Gasteiger partial charge in [0.05, 0.1) is 11.8 Å². The quantitative estimate of drug-likeness (QED) is 0.621. The summed E-state index contributed by atoms with van der Waals surface area (Å²) in [6, 6.07) is 18.8. The van der Waals surface area contributed by atoms with Crippen molar-refractivity contribution >= 4 is 29.0 Å². The van der Waals surface area contributed by atoms with Gasteiger partial charge in [0.15, 0.2) is 11.5 Å². The van der Waals surface area contributed by atoms with Crippen LogP contribution in [-0.2, 0) is 16.0 Å².